The molecule has 1 atom stereocenters. The molecule has 24 heavy (non-hydrogen) atoms. The molecule has 1 unspecified atom stereocenters. The highest BCUT2D eigenvalue weighted by Gasteiger charge is 2.43. The maximum atomic E-state index is 12.5. The lowest BCUT2D eigenvalue weighted by atomic mass is 10.2. The van der Waals surface area contributed by atoms with Crippen molar-refractivity contribution < 1.29 is 9.59 Å². The molecule has 0 aliphatic carbocycles. The molecule has 2 heterocycles. The minimum absolute atomic E-state index is 0.199. The number of hydrogen-bond donors (Lipinski definition) is 1. The Morgan fingerprint density at radius 3 is 3.00 bits per heavy atom. The summed E-state index contributed by atoms with van der Waals surface area (Å²) in [6.07, 6.45) is 0.749. The highest BCUT2D eigenvalue weighted by molar-refractivity contribution is 9.10. The summed E-state index contributed by atoms with van der Waals surface area (Å²) in [5.41, 5.74) is 1.79. The van der Waals surface area contributed by atoms with E-state index in [1.807, 2.05) is 43.5 Å². The SMILES string of the molecule is CC1(C)SCC(C(=O)Nc2nc(-c3cccc(Br)c3)cs2)N1C=O. The minimum Gasteiger partial charge on any atom is -0.318 e. The molecule has 0 bridgehead atoms. The van der Waals surface area contributed by atoms with Crippen molar-refractivity contribution in [2.24, 2.45) is 0 Å². The van der Waals surface area contributed by atoms with Gasteiger partial charge in [-0.3, -0.25) is 9.59 Å². The number of thioether (sulfide) groups is 1. The molecular formula is C16H16BrN3O2S2. The van der Waals surface area contributed by atoms with Crippen molar-refractivity contribution in [1.29, 1.82) is 0 Å². The third-order valence-electron chi connectivity index (χ3n) is 3.82. The van der Waals surface area contributed by atoms with Gasteiger partial charge in [-0.2, -0.15) is 0 Å². The Morgan fingerprint density at radius 1 is 1.50 bits per heavy atom. The summed E-state index contributed by atoms with van der Waals surface area (Å²) in [6, 6.07) is 7.37. The van der Waals surface area contributed by atoms with Gasteiger partial charge < -0.3 is 10.2 Å². The highest BCUT2D eigenvalue weighted by Crippen LogP contribution is 2.38. The zero-order valence-corrected chi connectivity index (χ0v) is 16.4. The second-order valence-corrected chi connectivity index (χ2v) is 9.22. The van der Waals surface area contributed by atoms with Crippen LogP contribution in [0.5, 0.6) is 0 Å². The quantitative estimate of drug-likeness (QED) is 0.756. The van der Waals surface area contributed by atoms with E-state index < -0.39 is 6.04 Å². The number of nitrogens with zero attached hydrogens (tertiary/aromatic N) is 2. The summed E-state index contributed by atoms with van der Waals surface area (Å²) in [5, 5.41) is 5.28. The van der Waals surface area contributed by atoms with Gasteiger partial charge in [0.15, 0.2) is 5.13 Å². The Morgan fingerprint density at radius 2 is 2.29 bits per heavy atom. The Balaban J connectivity index is 1.73. The molecule has 5 nitrogen and oxygen atoms in total. The summed E-state index contributed by atoms with van der Waals surface area (Å²) < 4.78 is 0.977. The maximum absolute atomic E-state index is 12.5. The average molecular weight is 426 g/mol. The fourth-order valence-electron chi connectivity index (χ4n) is 2.52. The molecular weight excluding hydrogens is 410 g/mol. The molecule has 3 rings (SSSR count). The van der Waals surface area contributed by atoms with E-state index in [4.69, 9.17) is 0 Å². The van der Waals surface area contributed by atoms with Crippen LogP contribution in [0.25, 0.3) is 11.3 Å². The Hall–Kier alpha value is -1.38. The lowest BCUT2D eigenvalue weighted by Gasteiger charge is -2.29. The standard InChI is InChI=1S/C16H16BrN3O2S2/c1-16(2)20(9-21)13(8-24-16)14(22)19-15-18-12(7-23-15)10-4-3-5-11(17)6-10/h3-7,9,13H,8H2,1-2H3,(H,18,19,22). The molecule has 1 saturated heterocycles. The topological polar surface area (TPSA) is 62.3 Å². The van der Waals surface area contributed by atoms with Gasteiger partial charge in [0.25, 0.3) is 0 Å². The molecule has 1 aromatic carbocycles. The average Bonchev–Trinajstić information content (AvgIpc) is 3.11. The van der Waals surface area contributed by atoms with Gasteiger partial charge in [-0.25, -0.2) is 4.98 Å². The van der Waals surface area contributed by atoms with Crippen LogP contribution in [0, 0.1) is 0 Å². The molecule has 2 aromatic rings. The molecule has 8 heteroatoms. The van der Waals surface area contributed by atoms with Crippen molar-refractivity contribution in [3.8, 4) is 11.3 Å². The van der Waals surface area contributed by atoms with E-state index in [1.54, 1.807) is 16.7 Å². The first-order chi connectivity index (χ1) is 11.4. The van der Waals surface area contributed by atoms with E-state index in [-0.39, 0.29) is 10.8 Å². The number of nitrogens with one attached hydrogen (secondary N) is 1. The first-order valence-electron chi connectivity index (χ1n) is 7.31. The van der Waals surface area contributed by atoms with Crippen LogP contribution < -0.4 is 5.32 Å². The van der Waals surface area contributed by atoms with E-state index in [0.29, 0.717) is 10.9 Å². The van der Waals surface area contributed by atoms with Gasteiger partial charge in [0.2, 0.25) is 12.3 Å². The highest BCUT2D eigenvalue weighted by atomic mass is 79.9. The van der Waals surface area contributed by atoms with Gasteiger partial charge in [0.05, 0.1) is 10.6 Å². The van der Waals surface area contributed by atoms with Gasteiger partial charge in [-0.05, 0) is 26.0 Å². The number of carbonyl (C=O) groups is 2. The monoisotopic (exact) mass is 425 g/mol. The summed E-state index contributed by atoms with van der Waals surface area (Å²) >= 11 is 6.41. The first-order valence-corrected chi connectivity index (χ1v) is 9.96. The van der Waals surface area contributed by atoms with Crippen molar-refractivity contribution in [2.45, 2.75) is 24.8 Å². The number of hydrogen-bond acceptors (Lipinski definition) is 5. The summed E-state index contributed by atoms with van der Waals surface area (Å²) in [4.78, 5) is 29.5. The number of halogens is 1. The smallest absolute Gasteiger partial charge is 0.249 e. The molecule has 0 spiro atoms. The number of rotatable bonds is 4. The molecule has 2 amide bonds. The lowest BCUT2D eigenvalue weighted by Crippen LogP contribution is -2.47. The maximum Gasteiger partial charge on any atom is 0.249 e. The molecule has 1 aromatic heterocycles. The minimum atomic E-state index is -0.472. The second-order valence-electron chi connectivity index (χ2n) is 5.82. The molecule has 0 radical (unpaired) electrons. The Bertz CT molecular complexity index is 778. The van der Waals surface area contributed by atoms with Crippen LogP contribution in [-0.4, -0.2) is 38.9 Å². The fraction of sp³-hybridized carbons (Fsp3) is 0.312. The predicted octanol–water partition coefficient (Wildman–Crippen LogP) is 3.82. The number of thiazole rings is 1. The van der Waals surface area contributed by atoms with Crippen LogP contribution in [0.1, 0.15) is 13.8 Å². The van der Waals surface area contributed by atoms with Gasteiger partial charge in [-0.1, -0.05) is 28.1 Å². The van der Waals surface area contributed by atoms with Crippen LogP contribution in [0.4, 0.5) is 5.13 Å². The number of anilines is 1. The van der Waals surface area contributed by atoms with E-state index in [0.717, 1.165) is 22.1 Å². The molecule has 0 saturated carbocycles. The summed E-state index contributed by atoms with van der Waals surface area (Å²) in [5.74, 6) is 0.386. The van der Waals surface area contributed by atoms with E-state index in [1.165, 1.54) is 11.3 Å². The van der Waals surface area contributed by atoms with Crippen molar-refractivity contribution >= 4 is 56.5 Å². The van der Waals surface area contributed by atoms with Crippen molar-refractivity contribution in [2.75, 3.05) is 11.1 Å². The number of aromatic nitrogens is 1. The first kappa shape index (κ1) is 17.4. The largest absolute Gasteiger partial charge is 0.318 e. The van der Waals surface area contributed by atoms with Gasteiger partial charge in [0, 0.05) is 21.2 Å². The van der Waals surface area contributed by atoms with E-state index in [9.17, 15) is 9.59 Å². The van der Waals surface area contributed by atoms with Crippen molar-refractivity contribution in [3.63, 3.8) is 0 Å². The van der Waals surface area contributed by atoms with Gasteiger partial charge in [0.1, 0.15) is 6.04 Å². The molecule has 1 aliphatic heterocycles. The van der Waals surface area contributed by atoms with Crippen LogP contribution in [0.3, 0.4) is 0 Å². The Kier molecular flexibility index (Phi) is 4.98. The number of carbonyl (C=O) groups excluding carboxylic acids is 2. The summed E-state index contributed by atoms with van der Waals surface area (Å²) in [7, 11) is 0. The normalized spacial score (nSPS) is 19.3. The van der Waals surface area contributed by atoms with Crippen LogP contribution in [-0.2, 0) is 9.59 Å². The third-order valence-corrected chi connectivity index (χ3v) is 6.47. The zero-order valence-electron chi connectivity index (χ0n) is 13.2. The van der Waals surface area contributed by atoms with Crippen molar-refractivity contribution in [3.05, 3.63) is 34.1 Å². The third kappa shape index (κ3) is 3.50. The number of benzene rings is 1. The molecule has 1 N–H and O–H groups in total. The predicted molar refractivity (Wildman–Crippen MR) is 102 cm³/mol. The van der Waals surface area contributed by atoms with Crippen LogP contribution >= 0.6 is 39.0 Å². The van der Waals surface area contributed by atoms with Crippen LogP contribution in [0.15, 0.2) is 34.1 Å². The van der Waals surface area contributed by atoms with Crippen molar-refractivity contribution in [1.82, 2.24) is 9.88 Å². The Labute approximate surface area is 157 Å². The fourth-order valence-corrected chi connectivity index (χ4v) is 4.83. The zero-order chi connectivity index (χ0) is 17.3. The lowest BCUT2D eigenvalue weighted by molar-refractivity contribution is -0.130. The second kappa shape index (κ2) is 6.85. The molecule has 1 fully saturated rings. The van der Waals surface area contributed by atoms with Crippen LogP contribution in [0.2, 0.25) is 0 Å². The van der Waals surface area contributed by atoms with E-state index >= 15 is 0 Å². The van der Waals surface area contributed by atoms with Gasteiger partial charge in [-0.15, -0.1) is 23.1 Å². The molecule has 1 aliphatic rings. The number of amides is 2. The van der Waals surface area contributed by atoms with Gasteiger partial charge >= 0.3 is 0 Å². The summed E-state index contributed by atoms with van der Waals surface area (Å²) in [6.45, 7) is 3.88. The van der Waals surface area contributed by atoms with E-state index in [2.05, 4.69) is 26.2 Å². The molecule has 126 valence electrons.